The number of fused-ring (bicyclic) bond motifs is 1. The molecular weight excluding hydrogens is 394 g/mol. The summed E-state index contributed by atoms with van der Waals surface area (Å²) in [5, 5.41) is 4.86. The minimum absolute atomic E-state index is 0.00715. The van der Waals surface area contributed by atoms with Gasteiger partial charge in [0.15, 0.2) is 0 Å². The van der Waals surface area contributed by atoms with Crippen molar-refractivity contribution in [3.05, 3.63) is 59.4 Å². The summed E-state index contributed by atoms with van der Waals surface area (Å²) in [6.07, 6.45) is 10.1. The van der Waals surface area contributed by atoms with Gasteiger partial charge in [-0.1, -0.05) is 11.6 Å². The molecule has 30 heavy (non-hydrogen) atoms. The second-order valence-corrected chi connectivity index (χ2v) is 9.82. The fourth-order valence-electron chi connectivity index (χ4n) is 6.44. The van der Waals surface area contributed by atoms with Crippen molar-refractivity contribution >= 4 is 28.4 Å². The van der Waals surface area contributed by atoms with Gasteiger partial charge >= 0.3 is 0 Å². The highest BCUT2D eigenvalue weighted by Crippen LogP contribution is 2.53. The first-order valence-electron chi connectivity index (χ1n) is 11.0. The van der Waals surface area contributed by atoms with Crippen molar-refractivity contribution in [3.8, 4) is 11.3 Å². The van der Waals surface area contributed by atoms with Gasteiger partial charge in [-0.25, -0.2) is 4.98 Å². The fourth-order valence-corrected chi connectivity index (χ4v) is 6.61. The van der Waals surface area contributed by atoms with Gasteiger partial charge in [0.25, 0.3) is 5.91 Å². The lowest BCUT2D eigenvalue weighted by Crippen LogP contribution is -2.55. The zero-order chi connectivity index (χ0) is 20.2. The monoisotopic (exact) mass is 417 g/mol. The first kappa shape index (κ1) is 18.3. The molecule has 4 bridgehead atoms. The second-order valence-electron chi connectivity index (χ2n) is 9.39. The van der Waals surface area contributed by atoms with E-state index < -0.39 is 0 Å². The highest BCUT2D eigenvalue weighted by Gasteiger charge is 2.48. The number of rotatable bonds is 3. The lowest BCUT2D eigenvalue weighted by molar-refractivity contribution is -0.0119. The van der Waals surface area contributed by atoms with Gasteiger partial charge in [0, 0.05) is 34.4 Å². The number of aromatic nitrogens is 2. The van der Waals surface area contributed by atoms with E-state index in [1.165, 1.54) is 32.1 Å². The van der Waals surface area contributed by atoms with Crippen molar-refractivity contribution < 1.29 is 4.79 Å². The molecule has 1 N–H and O–H groups in total. The number of carbonyl (C=O) groups is 1. The molecule has 2 aromatic heterocycles. The maximum Gasteiger partial charge on any atom is 0.252 e. The number of nitrogens with one attached hydrogen (secondary N) is 1. The normalized spacial score (nSPS) is 29.3. The van der Waals surface area contributed by atoms with Crippen LogP contribution in [0.15, 0.2) is 48.8 Å². The van der Waals surface area contributed by atoms with Gasteiger partial charge in [-0.05, 0) is 92.2 Å². The smallest absolute Gasteiger partial charge is 0.252 e. The molecule has 0 atom stereocenters. The van der Waals surface area contributed by atoms with Crippen LogP contribution in [-0.2, 0) is 0 Å². The van der Waals surface area contributed by atoms with E-state index in [0.717, 1.165) is 34.0 Å². The molecule has 5 heteroatoms. The van der Waals surface area contributed by atoms with Crippen LogP contribution < -0.4 is 5.32 Å². The van der Waals surface area contributed by atoms with Gasteiger partial charge < -0.3 is 5.32 Å². The van der Waals surface area contributed by atoms with Crippen molar-refractivity contribution in [2.45, 2.75) is 38.1 Å². The summed E-state index contributed by atoms with van der Waals surface area (Å²) in [4.78, 5) is 22.5. The Kier molecular flexibility index (Phi) is 4.31. The zero-order valence-electron chi connectivity index (χ0n) is 16.7. The Hall–Kier alpha value is -2.46. The van der Waals surface area contributed by atoms with Gasteiger partial charge in [0.2, 0.25) is 0 Å². The summed E-state index contributed by atoms with van der Waals surface area (Å²) >= 11 is 6.27. The summed E-state index contributed by atoms with van der Waals surface area (Å²) in [5.74, 6) is 3.04. The molecule has 4 saturated carbocycles. The van der Waals surface area contributed by atoms with E-state index in [9.17, 15) is 4.79 Å². The molecular formula is C25H24ClN3O. The number of hydrogen-bond donors (Lipinski definition) is 1. The van der Waals surface area contributed by atoms with Crippen molar-refractivity contribution in [2.75, 3.05) is 0 Å². The third-order valence-electron chi connectivity index (χ3n) is 7.50. The van der Waals surface area contributed by atoms with Crippen LogP contribution in [-0.4, -0.2) is 21.9 Å². The van der Waals surface area contributed by atoms with Gasteiger partial charge in [0.05, 0.1) is 16.8 Å². The van der Waals surface area contributed by atoms with Crippen LogP contribution >= 0.6 is 11.6 Å². The minimum atomic E-state index is -0.00715. The Morgan fingerprint density at radius 3 is 2.47 bits per heavy atom. The van der Waals surface area contributed by atoms with E-state index in [1.54, 1.807) is 12.4 Å². The summed E-state index contributed by atoms with van der Waals surface area (Å²) < 4.78 is 0. The molecule has 4 nitrogen and oxygen atoms in total. The van der Waals surface area contributed by atoms with Crippen LogP contribution in [0.3, 0.4) is 0 Å². The molecule has 152 valence electrons. The molecule has 7 rings (SSSR count). The summed E-state index contributed by atoms with van der Waals surface area (Å²) in [7, 11) is 0. The molecule has 0 spiro atoms. The largest absolute Gasteiger partial charge is 0.349 e. The Labute approximate surface area is 181 Å². The van der Waals surface area contributed by atoms with Gasteiger partial charge in [0.1, 0.15) is 0 Å². The van der Waals surface area contributed by atoms with Crippen LogP contribution in [0.25, 0.3) is 22.2 Å². The predicted molar refractivity (Wildman–Crippen MR) is 118 cm³/mol. The molecule has 2 heterocycles. The molecule has 4 aliphatic carbocycles. The average Bonchev–Trinajstić information content (AvgIpc) is 2.75. The fraction of sp³-hybridized carbons (Fsp3) is 0.400. The Balaban J connectivity index is 1.39. The Morgan fingerprint density at radius 1 is 1.00 bits per heavy atom. The van der Waals surface area contributed by atoms with E-state index in [2.05, 4.69) is 10.3 Å². The first-order valence-corrected chi connectivity index (χ1v) is 11.3. The van der Waals surface area contributed by atoms with Crippen LogP contribution in [0.5, 0.6) is 0 Å². The van der Waals surface area contributed by atoms with Gasteiger partial charge in [-0.2, -0.15) is 0 Å². The first-order chi connectivity index (χ1) is 14.6. The highest BCUT2D eigenvalue weighted by molar-refractivity contribution is 6.31. The average molecular weight is 418 g/mol. The van der Waals surface area contributed by atoms with Crippen molar-refractivity contribution in [1.29, 1.82) is 0 Å². The van der Waals surface area contributed by atoms with Crippen LogP contribution in [0, 0.1) is 23.7 Å². The second kappa shape index (κ2) is 7.05. The molecule has 4 aliphatic rings. The maximum absolute atomic E-state index is 13.5. The molecule has 0 radical (unpaired) electrons. The molecule has 0 saturated heterocycles. The third-order valence-corrected chi connectivity index (χ3v) is 7.73. The Morgan fingerprint density at radius 2 is 1.77 bits per heavy atom. The number of nitrogens with zero attached hydrogens (tertiary/aromatic N) is 2. The zero-order valence-corrected chi connectivity index (χ0v) is 17.5. The summed E-state index contributed by atoms with van der Waals surface area (Å²) in [6.45, 7) is 0. The predicted octanol–water partition coefficient (Wildman–Crippen LogP) is 5.50. The topological polar surface area (TPSA) is 54.9 Å². The summed E-state index contributed by atoms with van der Waals surface area (Å²) in [5.41, 5.74) is 3.08. The highest BCUT2D eigenvalue weighted by atomic mass is 35.5. The van der Waals surface area contributed by atoms with Crippen LogP contribution in [0.4, 0.5) is 0 Å². The quantitative estimate of drug-likeness (QED) is 0.611. The van der Waals surface area contributed by atoms with Gasteiger partial charge in [-0.15, -0.1) is 0 Å². The lowest BCUT2D eigenvalue weighted by atomic mass is 9.54. The molecule has 1 aromatic carbocycles. The van der Waals surface area contributed by atoms with Crippen LogP contribution in [0.1, 0.15) is 42.5 Å². The lowest BCUT2D eigenvalue weighted by Gasteiger charge is -2.54. The number of amides is 1. The minimum Gasteiger partial charge on any atom is -0.349 e. The van der Waals surface area contributed by atoms with Crippen molar-refractivity contribution in [1.82, 2.24) is 15.3 Å². The molecule has 3 aromatic rings. The molecule has 0 unspecified atom stereocenters. The third kappa shape index (κ3) is 3.09. The van der Waals surface area contributed by atoms with E-state index in [0.29, 0.717) is 28.5 Å². The standard InChI is InChI=1S/C25H24ClN3O/c26-19-3-4-22-20(11-19)21(12-23(28-22)16-2-1-5-27-13-16)25(30)29-24-17-7-14-6-15(9-17)10-18(24)8-14/h1-5,11-15,17-18,24H,6-10H2,(H,29,30). The molecule has 4 fully saturated rings. The van der Waals surface area contributed by atoms with E-state index in [-0.39, 0.29) is 5.91 Å². The number of benzene rings is 1. The molecule has 1 amide bonds. The maximum atomic E-state index is 13.5. The van der Waals surface area contributed by atoms with E-state index >= 15 is 0 Å². The van der Waals surface area contributed by atoms with E-state index in [4.69, 9.17) is 16.6 Å². The Bertz CT molecular complexity index is 1100. The van der Waals surface area contributed by atoms with E-state index in [1.807, 2.05) is 36.4 Å². The van der Waals surface area contributed by atoms with Crippen molar-refractivity contribution in [3.63, 3.8) is 0 Å². The number of carbonyl (C=O) groups excluding carboxylic acids is 1. The number of pyridine rings is 2. The number of halogens is 1. The molecule has 0 aliphatic heterocycles. The van der Waals surface area contributed by atoms with Gasteiger partial charge in [-0.3, -0.25) is 9.78 Å². The van der Waals surface area contributed by atoms with Crippen LogP contribution in [0.2, 0.25) is 5.02 Å². The van der Waals surface area contributed by atoms with Crippen molar-refractivity contribution in [2.24, 2.45) is 23.7 Å². The summed E-state index contributed by atoms with van der Waals surface area (Å²) in [6, 6.07) is 11.6. The number of hydrogen-bond acceptors (Lipinski definition) is 3. The SMILES string of the molecule is O=C(NC1C2CC3CC(C2)CC1C3)c1cc(-c2cccnc2)nc2ccc(Cl)cc12.